The fraction of sp³-hybridized carbons (Fsp3) is 0.429. The van der Waals surface area contributed by atoms with Crippen molar-refractivity contribution in [3.63, 3.8) is 0 Å². The Bertz CT molecular complexity index is 343. The van der Waals surface area contributed by atoms with E-state index in [0.29, 0.717) is 11.4 Å². The molecule has 13 heavy (non-hydrogen) atoms. The molecule has 0 radical (unpaired) electrons. The van der Waals surface area contributed by atoms with Gasteiger partial charge in [-0.3, -0.25) is 4.79 Å². The molecule has 0 spiro atoms. The van der Waals surface area contributed by atoms with Crippen LogP contribution in [0.4, 0.5) is 0 Å². The lowest BCUT2D eigenvalue weighted by molar-refractivity contribution is -0.116. The second kappa shape index (κ2) is 3.79. The number of oxime groups is 1. The minimum atomic E-state index is -0.0531. The SMILES string of the molecule is CC(=O)Cc1nonc1C(C)=NO. The van der Waals surface area contributed by atoms with Crippen LogP contribution in [0.5, 0.6) is 0 Å². The molecule has 0 aliphatic heterocycles. The number of Topliss-reactive ketones (excluding diaryl/α,β-unsaturated/α-hetero) is 1. The quantitative estimate of drug-likeness (QED) is 0.416. The van der Waals surface area contributed by atoms with E-state index in [-0.39, 0.29) is 17.9 Å². The zero-order valence-corrected chi connectivity index (χ0v) is 7.31. The first-order valence-corrected chi connectivity index (χ1v) is 3.65. The predicted molar refractivity (Wildman–Crippen MR) is 42.7 cm³/mol. The number of carbonyl (C=O) groups excluding carboxylic acids is 1. The first kappa shape index (κ1) is 9.37. The molecule has 0 saturated carbocycles. The second-order valence-corrected chi connectivity index (χ2v) is 2.62. The molecule has 0 aromatic carbocycles. The molecule has 0 saturated heterocycles. The van der Waals surface area contributed by atoms with E-state index in [0.717, 1.165) is 0 Å². The number of hydrogen-bond donors (Lipinski definition) is 1. The molecular formula is C7H9N3O3. The van der Waals surface area contributed by atoms with Crippen molar-refractivity contribution in [1.82, 2.24) is 10.3 Å². The van der Waals surface area contributed by atoms with Gasteiger partial charge in [0, 0.05) is 0 Å². The third-order valence-electron chi connectivity index (χ3n) is 1.47. The highest BCUT2D eigenvalue weighted by molar-refractivity contribution is 5.98. The third-order valence-corrected chi connectivity index (χ3v) is 1.47. The highest BCUT2D eigenvalue weighted by atomic mass is 16.6. The summed E-state index contributed by atoms with van der Waals surface area (Å²) in [5.74, 6) is -0.0531. The van der Waals surface area contributed by atoms with Crippen molar-refractivity contribution in [1.29, 1.82) is 0 Å². The van der Waals surface area contributed by atoms with Crippen LogP contribution in [0.25, 0.3) is 0 Å². The molecule has 0 aliphatic carbocycles. The summed E-state index contributed by atoms with van der Waals surface area (Å²) in [4.78, 5) is 10.8. The van der Waals surface area contributed by atoms with Gasteiger partial charge in [-0.25, -0.2) is 4.63 Å². The van der Waals surface area contributed by atoms with Gasteiger partial charge in [0.2, 0.25) is 0 Å². The molecule has 0 fully saturated rings. The van der Waals surface area contributed by atoms with Crippen LogP contribution in [-0.2, 0) is 11.2 Å². The Labute approximate surface area is 74.2 Å². The van der Waals surface area contributed by atoms with E-state index >= 15 is 0 Å². The molecule has 1 aromatic rings. The zero-order chi connectivity index (χ0) is 9.84. The maximum absolute atomic E-state index is 10.8. The van der Waals surface area contributed by atoms with Gasteiger partial charge in [0.05, 0.1) is 6.42 Å². The van der Waals surface area contributed by atoms with E-state index in [4.69, 9.17) is 5.21 Å². The molecule has 1 N–H and O–H groups in total. The molecule has 0 bridgehead atoms. The van der Waals surface area contributed by atoms with Crippen molar-refractivity contribution >= 4 is 11.5 Å². The van der Waals surface area contributed by atoms with Gasteiger partial charge in [-0.2, -0.15) is 0 Å². The molecule has 1 heterocycles. The largest absolute Gasteiger partial charge is 0.411 e. The lowest BCUT2D eigenvalue weighted by Crippen LogP contribution is -2.04. The number of aromatic nitrogens is 2. The van der Waals surface area contributed by atoms with Gasteiger partial charge >= 0.3 is 0 Å². The van der Waals surface area contributed by atoms with Gasteiger partial charge in [-0.15, -0.1) is 0 Å². The summed E-state index contributed by atoms with van der Waals surface area (Å²) in [6.45, 7) is 2.98. The highest BCUT2D eigenvalue weighted by Gasteiger charge is 2.14. The number of rotatable bonds is 3. The highest BCUT2D eigenvalue weighted by Crippen LogP contribution is 2.05. The van der Waals surface area contributed by atoms with Gasteiger partial charge in [0.1, 0.15) is 17.2 Å². The van der Waals surface area contributed by atoms with Crippen LogP contribution in [0.2, 0.25) is 0 Å². The Kier molecular flexibility index (Phi) is 2.73. The Morgan fingerprint density at radius 3 is 2.77 bits per heavy atom. The van der Waals surface area contributed by atoms with Gasteiger partial charge in [0.25, 0.3) is 0 Å². The Morgan fingerprint density at radius 2 is 2.23 bits per heavy atom. The summed E-state index contributed by atoms with van der Waals surface area (Å²) >= 11 is 0. The van der Waals surface area contributed by atoms with Crippen LogP contribution < -0.4 is 0 Å². The molecular weight excluding hydrogens is 174 g/mol. The minimum Gasteiger partial charge on any atom is -0.411 e. The third kappa shape index (κ3) is 2.11. The molecule has 6 nitrogen and oxygen atoms in total. The van der Waals surface area contributed by atoms with Crippen LogP contribution in [0.3, 0.4) is 0 Å². The Balaban J connectivity index is 2.96. The lowest BCUT2D eigenvalue weighted by Gasteiger charge is -1.92. The zero-order valence-electron chi connectivity index (χ0n) is 7.31. The maximum atomic E-state index is 10.8. The number of hydrogen-bond acceptors (Lipinski definition) is 6. The summed E-state index contributed by atoms with van der Waals surface area (Å²) in [7, 11) is 0. The predicted octanol–water partition coefficient (Wildman–Crippen LogP) is 0.399. The van der Waals surface area contributed by atoms with E-state index in [2.05, 4.69) is 20.1 Å². The molecule has 0 amide bonds. The summed E-state index contributed by atoms with van der Waals surface area (Å²) in [6, 6.07) is 0. The summed E-state index contributed by atoms with van der Waals surface area (Å²) in [6.07, 6.45) is 0.131. The average Bonchev–Trinajstić information content (AvgIpc) is 2.50. The fourth-order valence-electron chi connectivity index (χ4n) is 0.880. The minimum absolute atomic E-state index is 0.0531. The maximum Gasteiger partial charge on any atom is 0.155 e. The number of ketones is 1. The fourth-order valence-corrected chi connectivity index (χ4v) is 0.880. The first-order valence-electron chi connectivity index (χ1n) is 3.65. The topological polar surface area (TPSA) is 88.6 Å². The van der Waals surface area contributed by atoms with Crippen LogP contribution >= 0.6 is 0 Å². The number of carbonyl (C=O) groups is 1. The monoisotopic (exact) mass is 183 g/mol. The van der Waals surface area contributed by atoms with Gasteiger partial charge in [0.15, 0.2) is 5.69 Å². The first-order chi connectivity index (χ1) is 6.15. The van der Waals surface area contributed by atoms with Crippen molar-refractivity contribution in [2.45, 2.75) is 20.3 Å². The smallest absolute Gasteiger partial charge is 0.155 e. The van der Waals surface area contributed by atoms with E-state index < -0.39 is 0 Å². The lowest BCUT2D eigenvalue weighted by atomic mass is 10.1. The van der Waals surface area contributed by atoms with Crippen molar-refractivity contribution in [3.8, 4) is 0 Å². The molecule has 70 valence electrons. The Morgan fingerprint density at radius 1 is 1.54 bits per heavy atom. The average molecular weight is 183 g/mol. The van der Waals surface area contributed by atoms with Crippen molar-refractivity contribution in [2.24, 2.45) is 5.16 Å². The van der Waals surface area contributed by atoms with Crippen LogP contribution in [0, 0.1) is 0 Å². The number of nitrogens with zero attached hydrogens (tertiary/aromatic N) is 3. The van der Waals surface area contributed by atoms with E-state index in [9.17, 15) is 4.79 Å². The van der Waals surface area contributed by atoms with Crippen LogP contribution in [-0.4, -0.2) is 27.0 Å². The van der Waals surface area contributed by atoms with Gasteiger partial charge < -0.3 is 5.21 Å². The normalized spacial score (nSPS) is 11.7. The Hall–Kier alpha value is -1.72. The van der Waals surface area contributed by atoms with Crippen LogP contribution in [0.1, 0.15) is 25.2 Å². The van der Waals surface area contributed by atoms with Gasteiger partial charge in [-0.1, -0.05) is 10.3 Å². The van der Waals surface area contributed by atoms with Gasteiger partial charge in [-0.05, 0) is 19.0 Å². The summed E-state index contributed by atoms with van der Waals surface area (Å²) in [5, 5.41) is 18.4. The summed E-state index contributed by atoms with van der Waals surface area (Å²) in [5.41, 5.74) is 0.984. The molecule has 1 aromatic heterocycles. The van der Waals surface area contributed by atoms with E-state index in [1.165, 1.54) is 6.92 Å². The van der Waals surface area contributed by atoms with Crippen molar-refractivity contribution in [3.05, 3.63) is 11.4 Å². The van der Waals surface area contributed by atoms with Crippen LogP contribution in [0.15, 0.2) is 9.78 Å². The molecule has 0 unspecified atom stereocenters. The van der Waals surface area contributed by atoms with Crippen molar-refractivity contribution < 1.29 is 14.6 Å². The second-order valence-electron chi connectivity index (χ2n) is 2.62. The molecule has 0 aliphatic rings. The van der Waals surface area contributed by atoms with Crippen molar-refractivity contribution in [2.75, 3.05) is 0 Å². The standard InChI is InChI=1S/C7H9N3O3/c1-4(11)3-6-7(5(2)8-12)10-13-9-6/h12H,3H2,1-2H3. The molecule has 0 atom stereocenters. The van der Waals surface area contributed by atoms with E-state index in [1.807, 2.05) is 0 Å². The van der Waals surface area contributed by atoms with E-state index in [1.54, 1.807) is 6.92 Å². The summed E-state index contributed by atoms with van der Waals surface area (Å²) < 4.78 is 4.43. The molecule has 1 rings (SSSR count). The molecule has 6 heteroatoms.